The van der Waals surface area contributed by atoms with E-state index in [1.807, 2.05) is 0 Å². The molecule has 1 atom stereocenters. The SMILES string of the molecule is CN(C(=O)N=C(N)N)C(c1ccc(F)c(N)c1F)C1CC1. The Hall–Kier alpha value is -2.38. The fraction of sp³-hybridized carbons (Fsp3) is 0.385. The lowest BCUT2D eigenvalue weighted by Crippen LogP contribution is -2.34. The van der Waals surface area contributed by atoms with E-state index >= 15 is 0 Å². The number of aliphatic imine (C=N–C) groups is 1. The van der Waals surface area contributed by atoms with E-state index in [2.05, 4.69) is 4.99 Å². The molecule has 0 spiro atoms. The number of nitrogens with two attached hydrogens (primary N) is 3. The average molecular weight is 297 g/mol. The molecule has 2 rings (SSSR count). The summed E-state index contributed by atoms with van der Waals surface area (Å²) in [6.07, 6.45) is 1.67. The number of urea groups is 1. The number of carbonyl (C=O) groups is 1. The van der Waals surface area contributed by atoms with E-state index in [4.69, 9.17) is 17.2 Å². The van der Waals surface area contributed by atoms with Crippen LogP contribution in [-0.2, 0) is 0 Å². The minimum absolute atomic E-state index is 0.0764. The van der Waals surface area contributed by atoms with Gasteiger partial charge in [-0.25, -0.2) is 13.6 Å². The van der Waals surface area contributed by atoms with Crippen molar-refractivity contribution >= 4 is 17.7 Å². The summed E-state index contributed by atoms with van der Waals surface area (Å²) in [5.74, 6) is -1.98. The Morgan fingerprint density at radius 1 is 1.38 bits per heavy atom. The Labute approximate surface area is 120 Å². The van der Waals surface area contributed by atoms with Crippen LogP contribution in [0.25, 0.3) is 0 Å². The van der Waals surface area contributed by atoms with Gasteiger partial charge in [0.05, 0.1) is 6.04 Å². The van der Waals surface area contributed by atoms with Gasteiger partial charge in [-0.1, -0.05) is 6.07 Å². The number of carbonyl (C=O) groups excluding carboxylic acids is 1. The number of anilines is 1. The van der Waals surface area contributed by atoms with Gasteiger partial charge in [0.15, 0.2) is 11.8 Å². The Balaban J connectivity index is 2.38. The molecule has 1 aromatic carbocycles. The van der Waals surface area contributed by atoms with Crippen LogP contribution in [0.5, 0.6) is 0 Å². The first-order valence-electron chi connectivity index (χ1n) is 6.42. The second kappa shape index (κ2) is 5.55. The summed E-state index contributed by atoms with van der Waals surface area (Å²) in [6, 6.07) is 1.11. The zero-order chi connectivity index (χ0) is 15.7. The van der Waals surface area contributed by atoms with Crippen molar-refractivity contribution in [2.75, 3.05) is 12.8 Å². The molecule has 1 fully saturated rings. The van der Waals surface area contributed by atoms with Crippen LogP contribution in [0.4, 0.5) is 19.3 Å². The highest BCUT2D eigenvalue weighted by Crippen LogP contribution is 2.45. The number of halogens is 2. The lowest BCUT2D eigenvalue weighted by atomic mass is 9.99. The molecule has 0 bridgehead atoms. The first kappa shape index (κ1) is 15.0. The van der Waals surface area contributed by atoms with E-state index in [9.17, 15) is 13.6 Å². The maximum absolute atomic E-state index is 14.2. The van der Waals surface area contributed by atoms with E-state index in [0.717, 1.165) is 18.9 Å². The molecular weight excluding hydrogens is 280 g/mol. The summed E-state index contributed by atoms with van der Waals surface area (Å²) in [5, 5.41) is 0. The maximum atomic E-state index is 14.2. The van der Waals surface area contributed by atoms with Crippen molar-refractivity contribution in [3.05, 3.63) is 29.3 Å². The summed E-state index contributed by atoms with van der Waals surface area (Å²) in [5.41, 5.74) is 15.3. The lowest BCUT2D eigenvalue weighted by molar-refractivity contribution is 0.191. The lowest BCUT2D eigenvalue weighted by Gasteiger charge is -2.27. The molecule has 6 nitrogen and oxygen atoms in total. The molecule has 6 N–H and O–H groups in total. The zero-order valence-electron chi connectivity index (χ0n) is 11.5. The highest BCUT2D eigenvalue weighted by atomic mass is 19.1. The molecule has 114 valence electrons. The topological polar surface area (TPSA) is 111 Å². The molecule has 0 saturated heterocycles. The van der Waals surface area contributed by atoms with Gasteiger partial charge in [0.2, 0.25) is 0 Å². The van der Waals surface area contributed by atoms with Gasteiger partial charge in [-0.3, -0.25) is 0 Å². The third-order valence-corrected chi connectivity index (χ3v) is 3.49. The molecule has 0 heterocycles. The Morgan fingerprint density at radius 2 is 2.00 bits per heavy atom. The zero-order valence-corrected chi connectivity index (χ0v) is 11.5. The molecule has 2 amide bonds. The number of hydrogen-bond acceptors (Lipinski definition) is 2. The van der Waals surface area contributed by atoms with Crippen molar-refractivity contribution in [2.24, 2.45) is 22.4 Å². The van der Waals surface area contributed by atoms with Crippen LogP contribution in [0, 0.1) is 17.6 Å². The molecule has 1 aliphatic carbocycles. The van der Waals surface area contributed by atoms with Crippen LogP contribution in [-0.4, -0.2) is 23.9 Å². The molecule has 0 aliphatic heterocycles. The van der Waals surface area contributed by atoms with Gasteiger partial charge in [0.25, 0.3) is 0 Å². The van der Waals surface area contributed by atoms with Gasteiger partial charge >= 0.3 is 6.03 Å². The third-order valence-electron chi connectivity index (χ3n) is 3.49. The van der Waals surface area contributed by atoms with E-state index in [1.54, 1.807) is 0 Å². The molecular formula is C13H17F2N5O. The minimum Gasteiger partial charge on any atom is -0.394 e. The van der Waals surface area contributed by atoms with E-state index in [0.29, 0.717) is 0 Å². The highest BCUT2D eigenvalue weighted by Gasteiger charge is 2.39. The summed E-state index contributed by atoms with van der Waals surface area (Å²) >= 11 is 0. The van der Waals surface area contributed by atoms with Crippen LogP contribution in [0.15, 0.2) is 17.1 Å². The quantitative estimate of drug-likeness (QED) is 0.444. The van der Waals surface area contributed by atoms with Gasteiger partial charge in [-0.2, -0.15) is 4.99 Å². The summed E-state index contributed by atoms with van der Waals surface area (Å²) in [7, 11) is 1.47. The predicted molar refractivity (Wildman–Crippen MR) is 75.2 cm³/mol. The molecule has 1 unspecified atom stereocenters. The van der Waals surface area contributed by atoms with E-state index < -0.39 is 29.4 Å². The van der Waals surface area contributed by atoms with Crippen LogP contribution < -0.4 is 17.2 Å². The van der Waals surface area contributed by atoms with Gasteiger partial charge in [0, 0.05) is 12.6 Å². The second-order valence-corrected chi connectivity index (χ2v) is 5.08. The highest BCUT2D eigenvalue weighted by molar-refractivity contribution is 5.90. The largest absolute Gasteiger partial charge is 0.394 e. The summed E-state index contributed by atoms with van der Waals surface area (Å²) in [6.45, 7) is 0. The molecule has 0 aromatic heterocycles. The molecule has 1 saturated carbocycles. The second-order valence-electron chi connectivity index (χ2n) is 5.08. The Bertz CT molecular complexity index is 596. The fourth-order valence-corrected chi connectivity index (χ4v) is 2.31. The monoisotopic (exact) mass is 297 g/mol. The van der Waals surface area contributed by atoms with E-state index in [-0.39, 0.29) is 17.4 Å². The van der Waals surface area contributed by atoms with Gasteiger partial charge in [0.1, 0.15) is 11.5 Å². The number of guanidine groups is 1. The Morgan fingerprint density at radius 3 is 2.52 bits per heavy atom. The number of rotatable bonds is 3. The van der Waals surface area contributed by atoms with Crippen molar-refractivity contribution < 1.29 is 13.6 Å². The van der Waals surface area contributed by atoms with Crippen molar-refractivity contribution in [3.63, 3.8) is 0 Å². The Kier molecular flexibility index (Phi) is 3.97. The van der Waals surface area contributed by atoms with Crippen molar-refractivity contribution in [1.29, 1.82) is 0 Å². The van der Waals surface area contributed by atoms with Crippen LogP contribution in [0.2, 0.25) is 0 Å². The molecule has 0 radical (unpaired) electrons. The van der Waals surface area contributed by atoms with Crippen molar-refractivity contribution in [1.82, 2.24) is 4.90 Å². The molecule has 21 heavy (non-hydrogen) atoms. The smallest absolute Gasteiger partial charge is 0.347 e. The number of nitrogen functional groups attached to an aromatic ring is 1. The first-order chi connectivity index (χ1) is 9.82. The fourth-order valence-electron chi connectivity index (χ4n) is 2.31. The standard InChI is InChI=1S/C13H17F2N5O/c1-20(13(21)19-12(17)18)11(6-2-3-6)7-4-5-8(14)10(16)9(7)15/h4-6,11H,2-3,16H2,1H3,(H4,17,18,19,21). The van der Waals surface area contributed by atoms with Crippen LogP contribution >= 0.6 is 0 Å². The number of benzene rings is 1. The van der Waals surface area contributed by atoms with Gasteiger partial charge in [-0.15, -0.1) is 0 Å². The third kappa shape index (κ3) is 3.04. The average Bonchev–Trinajstić information content (AvgIpc) is 3.22. The number of nitrogens with zero attached hydrogens (tertiary/aromatic N) is 2. The van der Waals surface area contributed by atoms with Gasteiger partial charge < -0.3 is 22.1 Å². The van der Waals surface area contributed by atoms with Crippen LogP contribution in [0.1, 0.15) is 24.4 Å². The van der Waals surface area contributed by atoms with Gasteiger partial charge in [-0.05, 0) is 24.8 Å². The summed E-state index contributed by atoms with van der Waals surface area (Å²) in [4.78, 5) is 16.6. The first-order valence-corrected chi connectivity index (χ1v) is 6.42. The van der Waals surface area contributed by atoms with E-state index in [1.165, 1.54) is 18.0 Å². The normalized spacial score (nSPS) is 15.4. The number of hydrogen-bond donors (Lipinski definition) is 3. The van der Waals surface area contributed by atoms with Crippen molar-refractivity contribution in [2.45, 2.75) is 18.9 Å². The van der Waals surface area contributed by atoms with Crippen LogP contribution in [0.3, 0.4) is 0 Å². The van der Waals surface area contributed by atoms with Crippen molar-refractivity contribution in [3.8, 4) is 0 Å². The predicted octanol–water partition coefficient (Wildman–Crippen LogP) is 1.32. The molecule has 1 aliphatic rings. The summed E-state index contributed by atoms with van der Waals surface area (Å²) < 4.78 is 27.5. The molecule has 1 aromatic rings. The minimum atomic E-state index is -0.851. The molecule has 8 heteroatoms. The maximum Gasteiger partial charge on any atom is 0.347 e. The number of amides is 2.